The number of aryl methyl sites for hydroxylation is 1. The van der Waals surface area contributed by atoms with Crippen LogP contribution in [0.3, 0.4) is 0 Å². The number of amides is 1. The Morgan fingerprint density at radius 2 is 1.66 bits per heavy atom. The predicted octanol–water partition coefficient (Wildman–Crippen LogP) is 3.65. The number of hydrazone groups is 1. The van der Waals surface area contributed by atoms with Crippen LogP contribution in [0.25, 0.3) is 0 Å². The molecule has 32 heavy (non-hydrogen) atoms. The molecule has 0 unspecified atom stereocenters. The van der Waals surface area contributed by atoms with Crippen LogP contribution in [-0.4, -0.2) is 29.6 Å². The molecule has 1 N–H and O–H groups in total. The van der Waals surface area contributed by atoms with Crippen molar-refractivity contribution in [3.05, 3.63) is 99.6 Å². The molecule has 0 spiro atoms. The molecule has 0 aliphatic carbocycles. The normalized spacial score (nSPS) is 10.5. The summed E-state index contributed by atoms with van der Waals surface area (Å²) in [6, 6.07) is 19.0. The SMILES string of the molecule is Cc1ccccc1OCC(=O)N/N=C/c1ccccc1OC(=O)c1ccc([N+](=O)[O-])cc1. The van der Waals surface area contributed by atoms with Crippen LogP contribution in [0.5, 0.6) is 11.5 Å². The van der Waals surface area contributed by atoms with E-state index in [9.17, 15) is 19.7 Å². The number of hydrogen-bond acceptors (Lipinski definition) is 7. The molecular weight excluding hydrogens is 414 g/mol. The number of para-hydroxylation sites is 2. The maximum atomic E-state index is 12.4. The first kappa shape index (κ1) is 22.2. The van der Waals surface area contributed by atoms with E-state index in [0.717, 1.165) is 5.56 Å². The van der Waals surface area contributed by atoms with Crippen LogP contribution in [0.1, 0.15) is 21.5 Å². The Kier molecular flexibility index (Phi) is 7.26. The molecule has 0 heterocycles. The lowest BCUT2D eigenvalue weighted by Crippen LogP contribution is -2.24. The molecule has 0 atom stereocenters. The molecule has 0 fully saturated rings. The van der Waals surface area contributed by atoms with Gasteiger partial charge in [0.2, 0.25) is 0 Å². The highest BCUT2D eigenvalue weighted by molar-refractivity contribution is 5.93. The van der Waals surface area contributed by atoms with Crippen LogP contribution in [0.15, 0.2) is 77.9 Å². The molecule has 1 amide bonds. The van der Waals surface area contributed by atoms with Gasteiger partial charge in [-0.2, -0.15) is 5.10 Å². The molecule has 3 aromatic rings. The highest BCUT2D eigenvalue weighted by Crippen LogP contribution is 2.19. The van der Waals surface area contributed by atoms with Crippen molar-refractivity contribution in [3.8, 4) is 11.5 Å². The van der Waals surface area contributed by atoms with Crippen molar-refractivity contribution in [2.24, 2.45) is 5.10 Å². The number of nitro groups is 1. The second kappa shape index (κ2) is 10.5. The molecule has 9 nitrogen and oxygen atoms in total. The van der Waals surface area contributed by atoms with Crippen molar-refractivity contribution in [1.29, 1.82) is 0 Å². The van der Waals surface area contributed by atoms with E-state index >= 15 is 0 Å². The summed E-state index contributed by atoms with van der Waals surface area (Å²) in [4.78, 5) is 34.5. The fourth-order valence-electron chi connectivity index (χ4n) is 2.63. The Bertz CT molecular complexity index is 1160. The lowest BCUT2D eigenvalue weighted by molar-refractivity contribution is -0.384. The van der Waals surface area contributed by atoms with Gasteiger partial charge in [-0.1, -0.05) is 30.3 Å². The van der Waals surface area contributed by atoms with E-state index in [4.69, 9.17) is 9.47 Å². The topological polar surface area (TPSA) is 120 Å². The third-order valence-electron chi connectivity index (χ3n) is 4.28. The van der Waals surface area contributed by atoms with E-state index in [0.29, 0.717) is 11.3 Å². The number of hydrogen-bond donors (Lipinski definition) is 1. The second-order valence-electron chi connectivity index (χ2n) is 6.58. The quantitative estimate of drug-likeness (QED) is 0.190. The van der Waals surface area contributed by atoms with Gasteiger partial charge in [0.15, 0.2) is 6.61 Å². The maximum absolute atomic E-state index is 12.4. The lowest BCUT2D eigenvalue weighted by Gasteiger charge is -2.08. The molecule has 0 saturated heterocycles. The zero-order chi connectivity index (χ0) is 22.9. The van der Waals surface area contributed by atoms with Gasteiger partial charge in [0, 0.05) is 17.7 Å². The fourth-order valence-corrected chi connectivity index (χ4v) is 2.63. The molecule has 162 valence electrons. The number of rotatable bonds is 8. The third-order valence-corrected chi connectivity index (χ3v) is 4.28. The number of carbonyl (C=O) groups excluding carboxylic acids is 2. The Hall–Kier alpha value is -4.53. The van der Waals surface area contributed by atoms with Gasteiger partial charge in [-0.15, -0.1) is 0 Å². The van der Waals surface area contributed by atoms with E-state index in [1.54, 1.807) is 30.3 Å². The first-order chi connectivity index (χ1) is 15.4. The van der Waals surface area contributed by atoms with Gasteiger partial charge in [-0.05, 0) is 42.8 Å². The molecule has 3 aromatic carbocycles. The first-order valence-corrected chi connectivity index (χ1v) is 9.50. The standard InChI is InChI=1S/C23H19N3O6/c1-16-6-2-4-8-20(16)31-15-22(27)25-24-14-18-7-3-5-9-21(18)32-23(28)17-10-12-19(13-11-17)26(29)30/h2-14H,15H2,1H3,(H,25,27)/b24-14+. The molecule has 0 aliphatic rings. The number of nitrogens with zero attached hydrogens (tertiary/aromatic N) is 2. The number of non-ortho nitro benzene ring substituents is 1. The van der Waals surface area contributed by atoms with E-state index < -0.39 is 16.8 Å². The number of nitrogens with one attached hydrogen (secondary N) is 1. The van der Waals surface area contributed by atoms with E-state index in [-0.39, 0.29) is 23.6 Å². The van der Waals surface area contributed by atoms with Crippen molar-refractivity contribution < 1.29 is 24.0 Å². The summed E-state index contributed by atoms with van der Waals surface area (Å²) < 4.78 is 10.8. The van der Waals surface area contributed by atoms with E-state index in [1.165, 1.54) is 30.5 Å². The minimum atomic E-state index is -0.684. The lowest BCUT2D eigenvalue weighted by atomic mass is 10.2. The monoisotopic (exact) mass is 433 g/mol. The van der Waals surface area contributed by atoms with Crippen molar-refractivity contribution in [1.82, 2.24) is 5.43 Å². The number of benzene rings is 3. The average Bonchev–Trinajstić information content (AvgIpc) is 2.79. The zero-order valence-corrected chi connectivity index (χ0v) is 17.1. The molecule has 0 aliphatic heterocycles. The molecule has 0 bridgehead atoms. The van der Waals surface area contributed by atoms with Gasteiger partial charge >= 0.3 is 5.97 Å². The Morgan fingerprint density at radius 3 is 2.34 bits per heavy atom. The van der Waals surface area contributed by atoms with Gasteiger partial charge in [-0.25, -0.2) is 10.2 Å². The average molecular weight is 433 g/mol. The largest absolute Gasteiger partial charge is 0.483 e. The minimum Gasteiger partial charge on any atom is -0.483 e. The minimum absolute atomic E-state index is 0.128. The summed E-state index contributed by atoms with van der Waals surface area (Å²) >= 11 is 0. The molecule has 9 heteroatoms. The molecule has 3 rings (SSSR count). The smallest absolute Gasteiger partial charge is 0.343 e. The van der Waals surface area contributed by atoms with Gasteiger partial charge < -0.3 is 9.47 Å². The van der Waals surface area contributed by atoms with Crippen LogP contribution in [-0.2, 0) is 4.79 Å². The van der Waals surface area contributed by atoms with Gasteiger partial charge in [0.1, 0.15) is 11.5 Å². The second-order valence-corrected chi connectivity index (χ2v) is 6.58. The van der Waals surface area contributed by atoms with Crippen LogP contribution in [0.2, 0.25) is 0 Å². The number of carbonyl (C=O) groups is 2. The van der Waals surface area contributed by atoms with Gasteiger partial charge in [0.05, 0.1) is 16.7 Å². The Balaban J connectivity index is 1.59. The summed E-state index contributed by atoms with van der Waals surface area (Å²) in [7, 11) is 0. The summed E-state index contributed by atoms with van der Waals surface area (Å²) in [5.41, 5.74) is 3.74. The van der Waals surface area contributed by atoms with Crippen molar-refractivity contribution >= 4 is 23.8 Å². The first-order valence-electron chi connectivity index (χ1n) is 9.50. The molecular formula is C23H19N3O6. The number of nitro benzene ring substituents is 1. The fraction of sp³-hybridized carbons (Fsp3) is 0.0870. The summed E-state index contributed by atoms with van der Waals surface area (Å²) in [6.07, 6.45) is 1.34. The molecule has 0 saturated carbocycles. The zero-order valence-electron chi connectivity index (χ0n) is 17.1. The molecule has 0 aromatic heterocycles. The third kappa shape index (κ3) is 5.99. The summed E-state index contributed by atoms with van der Waals surface area (Å²) in [5, 5.41) is 14.6. The van der Waals surface area contributed by atoms with Crippen molar-refractivity contribution in [2.75, 3.05) is 6.61 Å². The highest BCUT2D eigenvalue weighted by Gasteiger charge is 2.13. The number of ether oxygens (including phenoxy) is 2. The Morgan fingerprint density at radius 1 is 1.00 bits per heavy atom. The highest BCUT2D eigenvalue weighted by atomic mass is 16.6. The van der Waals surface area contributed by atoms with Crippen molar-refractivity contribution in [2.45, 2.75) is 6.92 Å². The van der Waals surface area contributed by atoms with Gasteiger partial charge in [-0.3, -0.25) is 14.9 Å². The van der Waals surface area contributed by atoms with E-state index in [2.05, 4.69) is 10.5 Å². The van der Waals surface area contributed by atoms with Crippen LogP contribution >= 0.6 is 0 Å². The number of esters is 1. The van der Waals surface area contributed by atoms with Crippen LogP contribution in [0.4, 0.5) is 5.69 Å². The van der Waals surface area contributed by atoms with E-state index in [1.807, 2.05) is 25.1 Å². The maximum Gasteiger partial charge on any atom is 0.343 e. The Labute approximate surface area is 183 Å². The van der Waals surface area contributed by atoms with Crippen LogP contribution < -0.4 is 14.9 Å². The molecule has 0 radical (unpaired) electrons. The summed E-state index contributed by atoms with van der Waals surface area (Å²) in [6.45, 7) is 1.67. The van der Waals surface area contributed by atoms with Gasteiger partial charge in [0.25, 0.3) is 11.6 Å². The predicted molar refractivity (Wildman–Crippen MR) is 117 cm³/mol. The summed E-state index contributed by atoms with van der Waals surface area (Å²) in [5.74, 6) is -0.318. The van der Waals surface area contributed by atoms with Crippen molar-refractivity contribution in [3.63, 3.8) is 0 Å². The van der Waals surface area contributed by atoms with Crippen LogP contribution in [0, 0.1) is 17.0 Å².